The molecule has 27 heavy (non-hydrogen) atoms. The van der Waals surface area contributed by atoms with E-state index in [1.165, 1.54) is 0 Å². The molecular weight excluding hydrogens is 383 g/mol. The summed E-state index contributed by atoms with van der Waals surface area (Å²) in [6.45, 7) is -1.05. The van der Waals surface area contributed by atoms with Gasteiger partial charge in [0.1, 0.15) is 12.2 Å². The van der Waals surface area contributed by atoms with Crippen LogP contribution < -0.4 is 9.62 Å². The van der Waals surface area contributed by atoms with Crippen molar-refractivity contribution in [2.75, 3.05) is 24.5 Å². The molecule has 4 heterocycles. The molecule has 0 bridgehead atoms. The van der Waals surface area contributed by atoms with Crippen molar-refractivity contribution in [3.63, 3.8) is 0 Å². The number of aromatic nitrogens is 3. The van der Waals surface area contributed by atoms with Gasteiger partial charge in [-0.3, -0.25) is 4.98 Å². The van der Waals surface area contributed by atoms with Crippen molar-refractivity contribution >= 4 is 37.5 Å². The first kappa shape index (κ1) is 18.0. The van der Waals surface area contributed by atoms with E-state index < -0.39 is 28.0 Å². The molecule has 7 nitrogen and oxygen atoms in total. The number of pyridine rings is 2. The third-order valence-electron chi connectivity index (χ3n) is 4.68. The van der Waals surface area contributed by atoms with Gasteiger partial charge in [0.25, 0.3) is 0 Å². The molecule has 3 aromatic rings. The minimum absolute atomic E-state index is 0.0994. The van der Waals surface area contributed by atoms with Gasteiger partial charge in [0.2, 0.25) is 10.0 Å². The number of hydrogen-bond donors (Lipinski definition) is 2. The molecule has 0 aliphatic carbocycles. The molecule has 1 unspecified atom stereocenters. The number of anilines is 1. The van der Waals surface area contributed by atoms with E-state index in [2.05, 4.69) is 15.0 Å². The van der Waals surface area contributed by atoms with Gasteiger partial charge in [-0.15, -0.1) is 0 Å². The van der Waals surface area contributed by atoms with Gasteiger partial charge in [-0.25, -0.2) is 18.1 Å². The summed E-state index contributed by atoms with van der Waals surface area (Å²) >= 11 is 0. The van der Waals surface area contributed by atoms with Crippen LogP contribution in [0, 0.1) is 0 Å². The molecule has 0 radical (unpaired) electrons. The zero-order valence-electron chi connectivity index (χ0n) is 14.0. The summed E-state index contributed by atoms with van der Waals surface area (Å²) in [5.74, 6) is 0. The quantitative estimate of drug-likeness (QED) is 0.702. The minimum atomic E-state index is -4.59. The van der Waals surface area contributed by atoms with Crippen molar-refractivity contribution in [1.82, 2.24) is 19.7 Å². The SMILES string of the molecule is O=S(=O)(NCC(F)(F)F)C1CCN(c2cncc3cnc4[nH]ccc4c23)C1. The summed E-state index contributed by atoms with van der Waals surface area (Å²) in [5.41, 5.74) is 1.44. The van der Waals surface area contributed by atoms with Crippen LogP contribution in [0.4, 0.5) is 18.9 Å². The first-order valence-corrected chi connectivity index (χ1v) is 9.79. The van der Waals surface area contributed by atoms with Crippen LogP contribution in [0.2, 0.25) is 0 Å². The average Bonchev–Trinajstić information content (AvgIpc) is 3.28. The van der Waals surface area contributed by atoms with Crippen molar-refractivity contribution in [3.05, 3.63) is 30.9 Å². The predicted octanol–water partition coefficient (Wildman–Crippen LogP) is 2.17. The first-order valence-electron chi connectivity index (χ1n) is 8.24. The van der Waals surface area contributed by atoms with Crippen molar-refractivity contribution in [2.24, 2.45) is 0 Å². The second-order valence-corrected chi connectivity index (χ2v) is 8.50. The van der Waals surface area contributed by atoms with Crippen LogP contribution in [0.25, 0.3) is 21.8 Å². The Hall–Kier alpha value is -2.40. The number of sulfonamides is 1. The van der Waals surface area contributed by atoms with Crippen LogP contribution in [0.15, 0.2) is 30.9 Å². The Bertz CT molecular complexity index is 1100. The molecule has 1 saturated heterocycles. The van der Waals surface area contributed by atoms with Gasteiger partial charge >= 0.3 is 6.18 Å². The topological polar surface area (TPSA) is 91.0 Å². The molecule has 2 N–H and O–H groups in total. The number of aromatic amines is 1. The third kappa shape index (κ3) is 3.44. The molecule has 1 atom stereocenters. The second-order valence-electron chi connectivity index (χ2n) is 6.46. The fraction of sp³-hybridized carbons (Fsp3) is 0.375. The molecule has 1 fully saturated rings. The summed E-state index contributed by atoms with van der Waals surface area (Å²) in [7, 11) is -4.07. The summed E-state index contributed by atoms with van der Waals surface area (Å²) in [4.78, 5) is 13.4. The van der Waals surface area contributed by atoms with Gasteiger partial charge < -0.3 is 9.88 Å². The van der Waals surface area contributed by atoms with Crippen molar-refractivity contribution in [3.8, 4) is 0 Å². The normalized spacial score (nSPS) is 18.6. The van der Waals surface area contributed by atoms with E-state index in [1.54, 1.807) is 29.5 Å². The molecule has 0 aromatic carbocycles. The Morgan fingerprint density at radius 1 is 1.30 bits per heavy atom. The molecule has 0 spiro atoms. The number of fused-ring (bicyclic) bond motifs is 3. The highest BCUT2D eigenvalue weighted by molar-refractivity contribution is 7.90. The van der Waals surface area contributed by atoms with Gasteiger partial charge in [-0.05, 0) is 12.5 Å². The Kier molecular flexibility index (Phi) is 4.22. The first-order chi connectivity index (χ1) is 12.7. The number of nitrogens with zero attached hydrogens (tertiary/aromatic N) is 3. The monoisotopic (exact) mass is 399 g/mol. The number of nitrogens with one attached hydrogen (secondary N) is 2. The molecule has 11 heteroatoms. The zero-order valence-corrected chi connectivity index (χ0v) is 14.8. The number of alkyl halides is 3. The smallest absolute Gasteiger partial charge is 0.368 e. The largest absolute Gasteiger partial charge is 0.402 e. The lowest BCUT2D eigenvalue weighted by molar-refractivity contribution is -0.121. The standard InChI is InChI=1S/C16H16F3N5O2S/c17-16(18,19)9-23-27(25,26)11-2-4-24(8-11)13-7-20-5-10-6-22-15-12(14(10)13)1-3-21-15/h1,3,5-7,11,23H,2,4,8-9H2,(H,21,22). The molecule has 0 saturated carbocycles. The summed E-state index contributed by atoms with van der Waals surface area (Å²) in [5, 5.41) is 1.66. The molecule has 144 valence electrons. The molecule has 3 aromatic heterocycles. The van der Waals surface area contributed by atoms with E-state index in [0.29, 0.717) is 12.2 Å². The van der Waals surface area contributed by atoms with Gasteiger partial charge in [-0.1, -0.05) is 0 Å². The third-order valence-corrected chi connectivity index (χ3v) is 6.49. The number of H-pyrrole nitrogens is 1. The van der Waals surface area contributed by atoms with Crippen LogP contribution in [-0.2, 0) is 10.0 Å². The maximum absolute atomic E-state index is 12.4. The predicted molar refractivity (Wildman–Crippen MR) is 95.0 cm³/mol. The fourth-order valence-electron chi connectivity index (χ4n) is 3.40. The van der Waals surface area contributed by atoms with Crippen LogP contribution in [0.5, 0.6) is 0 Å². The highest BCUT2D eigenvalue weighted by Crippen LogP contribution is 2.34. The maximum Gasteiger partial charge on any atom is 0.402 e. The lowest BCUT2D eigenvalue weighted by Crippen LogP contribution is -2.41. The average molecular weight is 399 g/mol. The van der Waals surface area contributed by atoms with E-state index in [-0.39, 0.29) is 13.0 Å². The Balaban J connectivity index is 1.64. The van der Waals surface area contributed by atoms with E-state index in [1.807, 2.05) is 11.0 Å². The van der Waals surface area contributed by atoms with E-state index in [9.17, 15) is 21.6 Å². The second kappa shape index (κ2) is 6.34. The summed E-state index contributed by atoms with van der Waals surface area (Å²) in [6, 6.07) is 1.88. The van der Waals surface area contributed by atoms with Gasteiger partial charge in [0.15, 0.2) is 0 Å². The van der Waals surface area contributed by atoms with Crippen LogP contribution >= 0.6 is 0 Å². The zero-order chi connectivity index (χ0) is 19.2. The van der Waals surface area contributed by atoms with E-state index >= 15 is 0 Å². The lowest BCUT2D eigenvalue weighted by atomic mass is 10.1. The molecule has 1 aliphatic heterocycles. The fourth-order valence-corrected chi connectivity index (χ4v) is 4.79. The van der Waals surface area contributed by atoms with E-state index in [4.69, 9.17) is 0 Å². The number of hydrogen-bond acceptors (Lipinski definition) is 5. The molecule has 0 amide bonds. The van der Waals surface area contributed by atoms with Crippen molar-refractivity contribution < 1.29 is 21.6 Å². The molecule has 1 aliphatic rings. The Morgan fingerprint density at radius 3 is 2.89 bits per heavy atom. The summed E-state index contributed by atoms with van der Waals surface area (Å²) in [6.07, 6.45) is 2.42. The van der Waals surface area contributed by atoms with Crippen molar-refractivity contribution in [1.29, 1.82) is 0 Å². The number of rotatable bonds is 4. The summed E-state index contributed by atoms with van der Waals surface area (Å²) < 4.78 is 63.2. The number of halogens is 3. The molecular formula is C16H16F3N5O2S. The van der Waals surface area contributed by atoms with Crippen LogP contribution in [-0.4, -0.2) is 54.4 Å². The minimum Gasteiger partial charge on any atom is -0.368 e. The van der Waals surface area contributed by atoms with Crippen molar-refractivity contribution in [2.45, 2.75) is 17.8 Å². The van der Waals surface area contributed by atoms with Crippen LogP contribution in [0.3, 0.4) is 0 Å². The Morgan fingerprint density at radius 2 is 2.11 bits per heavy atom. The van der Waals surface area contributed by atoms with Gasteiger partial charge in [-0.2, -0.15) is 13.2 Å². The lowest BCUT2D eigenvalue weighted by Gasteiger charge is -2.21. The molecule has 4 rings (SSSR count). The maximum atomic E-state index is 12.4. The van der Waals surface area contributed by atoms with Crippen LogP contribution in [0.1, 0.15) is 6.42 Å². The highest BCUT2D eigenvalue weighted by Gasteiger charge is 2.37. The highest BCUT2D eigenvalue weighted by atomic mass is 32.2. The van der Waals surface area contributed by atoms with Gasteiger partial charge in [0.05, 0.1) is 17.1 Å². The van der Waals surface area contributed by atoms with Gasteiger partial charge in [0, 0.05) is 47.8 Å². The van der Waals surface area contributed by atoms with E-state index in [0.717, 1.165) is 21.8 Å². The Labute approximate surface area is 152 Å².